The molecule has 0 aromatic carbocycles. The van der Waals surface area contributed by atoms with E-state index in [2.05, 4.69) is 20.2 Å². The fourth-order valence-electron chi connectivity index (χ4n) is 4.83. The first-order chi connectivity index (χ1) is 16.8. The Morgan fingerprint density at radius 2 is 1.89 bits per heavy atom. The molecule has 8 nitrogen and oxygen atoms in total. The van der Waals surface area contributed by atoms with E-state index in [0.717, 1.165) is 50.6 Å². The molecule has 2 aliphatic heterocycles. The van der Waals surface area contributed by atoms with Crippen LogP contribution in [0.2, 0.25) is 0 Å². The van der Waals surface area contributed by atoms with Crippen molar-refractivity contribution in [3.63, 3.8) is 0 Å². The van der Waals surface area contributed by atoms with Gasteiger partial charge >= 0.3 is 5.51 Å². The van der Waals surface area contributed by atoms with E-state index in [1.165, 1.54) is 12.4 Å². The Morgan fingerprint density at radius 3 is 2.49 bits per heavy atom. The zero-order chi connectivity index (χ0) is 24.6. The molecule has 1 saturated heterocycles. The third kappa shape index (κ3) is 5.41. The molecule has 0 spiro atoms. The van der Waals surface area contributed by atoms with Gasteiger partial charge in [0.05, 0.1) is 33.5 Å². The number of nitrogens with zero attached hydrogens (tertiary/aromatic N) is 5. The molecule has 2 aromatic rings. The third-order valence-corrected chi connectivity index (χ3v) is 9.14. The van der Waals surface area contributed by atoms with E-state index in [9.17, 15) is 22.5 Å². The van der Waals surface area contributed by atoms with E-state index >= 15 is 0 Å². The van der Waals surface area contributed by atoms with Crippen LogP contribution in [0.15, 0.2) is 22.2 Å². The lowest BCUT2D eigenvalue weighted by molar-refractivity contribution is -0.0328. The predicted octanol–water partition coefficient (Wildman–Crippen LogP) is 3.64. The summed E-state index contributed by atoms with van der Waals surface area (Å²) >= 11 is -0.216. The molecule has 35 heavy (non-hydrogen) atoms. The smallest absolute Gasteiger partial charge is 0.394 e. The van der Waals surface area contributed by atoms with Gasteiger partial charge in [0.2, 0.25) is 5.95 Å². The number of hydrogen-bond acceptors (Lipinski definition) is 9. The van der Waals surface area contributed by atoms with Gasteiger partial charge in [-0.15, -0.1) is 0 Å². The quantitative estimate of drug-likeness (QED) is 0.544. The SMILES string of the molecule is O=[S@]1CCCc2nc(N3CCC(c4ncc(SC(F)(F)F)cn4)CC3)nc(NC3(CO)CCC3)c21. The topological polar surface area (TPSA) is 104 Å². The minimum absolute atomic E-state index is 0.000589. The number of aromatic nitrogens is 4. The number of aryl methyl sites for hydroxylation is 1. The maximum absolute atomic E-state index is 12.8. The minimum atomic E-state index is -4.36. The number of piperidine rings is 1. The van der Waals surface area contributed by atoms with Gasteiger partial charge in [0.1, 0.15) is 16.5 Å². The second kappa shape index (κ2) is 9.81. The van der Waals surface area contributed by atoms with Crippen molar-refractivity contribution >= 4 is 34.3 Å². The molecule has 0 amide bonds. The molecule has 190 valence electrons. The Kier molecular flexibility index (Phi) is 6.92. The molecule has 5 rings (SSSR count). The summed E-state index contributed by atoms with van der Waals surface area (Å²) in [5, 5.41) is 13.3. The van der Waals surface area contributed by atoms with Crippen LogP contribution in [0.3, 0.4) is 0 Å². The van der Waals surface area contributed by atoms with Gasteiger partial charge in [0.15, 0.2) is 0 Å². The fourth-order valence-corrected chi connectivity index (χ4v) is 6.64. The van der Waals surface area contributed by atoms with Crippen LogP contribution in [0, 0.1) is 0 Å². The number of nitrogens with one attached hydrogen (secondary N) is 1. The lowest BCUT2D eigenvalue weighted by atomic mass is 9.77. The summed E-state index contributed by atoms with van der Waals surface area (Å²) in [5.41, 5.74) is -3.97. The fraction of sp³-hybridized carbons (Fsp3) is 0.636. The van der Waals surface area contributed by atoms with E-state index < -0.39 is 21.8 Å². The average molecular weight is 529 g/mol. The number of thioether (sulfide) groups is 1. The van der Waals surface area contributed by atoms with E-state index in [1.807, 2.05) is 0 Å². The van der Waals surface area contributed by atoms with Crippen molar-refractivity contribution in [2.75, 3.05) is 35.7 Å². The Bertz CT molecular complexity index is 1080. The van der Waals surface area contributed by atoms with Crippen LogP contribution in [-0.4, -0.2) is 65.7 Å². The highest BCUT2D eigenvalue weighted by atomic mass is 32.2. The number of aliphatic hydroxyl groups excluding tert-OH is 1. The highest BCUT2D eigenvalue weighted by Crippen LogP contribution is 2.39. The summed E-state index contributed by atoms with van der Waals surface area (Å²) < 4.78 is 50.5. The summed E-state index contributed by atoms with van der Waals surface area (Å²) in [7, 11) is -1.17. The van der Waals surface area contributed by atoms with Gasteiger partial charge in [0, 0.05) is 37.2 Å². The Morgan fingerprint density at radius 1 is 1.17 bits per heavy atom. The van der Waals surface area contributed by atoms with Crippen molar-refractivity contribution < 1.29 is 22.5 Å². The van der Waals surface area contributed by atoms with Crippen LogP contribution < -0.4 is 10.2 Å². The van der Waals surface area contributed by atoms with E-state index in [-0.39, 0.29) is 29.2 Å². The van der Waals surface area contributed by atoms with Gasteiger partial charge in [-0.05, 0) is 56.7 Å². The highest BCUT2D eigenvalue weighted by molar-refractivity contribution is 8.00. The molecular formula is C22H27F3N6O2S2. The van der Waals surface area contributed by atoms with Gasteiger partial charge in [-0.25, -0.2) is 15.0 Å². The molecule has 1 atom stereocenters. The lowest BCUT2D eigenvalue weighted by Crippen LogP contribution is -2.49. The average Bonchev–Trinajstić information content (AvgIpc) is 2.81. The van der Waals surface area contributed by atoms with Crippen molar-refractivity contribution in [3.05, 3.63) is 23.9 Å². The molecule has 13 heteroatoms. The zero-order valence-electron chi connectivity index (χ0n) is 19.1. The standard InChI is InChI=1S/C22H27F3N6O2S2/c23-22(24,25)34-15-11-26-18(27-12-15)14-4-8-31(9-5-14)20-28-16-3-1-10-35(33)17(16)19(29-20)30-21(13-32)6-2-7-21/h11-12,14,32H,1-10,13H2,(H,28,29,30)/t35-/m0/s1. The van der Waals surface area contributed by atoms with Gasteiger partial charge in [0.25, 0.3) is 0 Å². The van der Waals surface area contributed by atoms with Gasteiger partial charge in [-0.1, -0.05) is 0 Å². The first-order valence-corrected chi connectivity index (χ1v) is 13.9. The van der Waals surface area contributed by atoms with E-state index in [4.69, 9.17) is 9.97 Å². The van der Waals surface area contributed by atoms with Crippen LogP contribution in [0.25, 0.3) is 0 Å². The monoisotopic (exact) mass is 528 g/mol. The largest absolute Gasteiger partial charge is 0.446 e. The normalized spacial score (nSPS) is 22.4. The summed E-state index contributed by atoms with van der Waals surface area (Å²) in [6.45, 7) is 1.30. The number of alkyl halides is 3. The molecule has 4 heterocycles. The summed E-state index contributed by atoms with van der Waals surface area (Å²) in [6.07, 6.45) is 8.17. The molecule has 2 aromatic heterocycles. The highest BCUT2D eigenvalue weighted by Gasteiger charge is 2.39. The molecule has 2 N–H and O–H groups in total. The third-order valence-electron chi connectivity index (χ3n) is 6.92. The maximum Gasteiger partial charge on any atom is 0.446 e. The number of rotatable bonds is 6. The summed E-state index contributed by atoms with van der Waals surface area (Å²) in [4.78, 5) is 20.6. The number of hydrogen-bond donors (Lipinski definition) is 2. The molecule has 0 bridgehead atoms. The lowest BCUT2D eigenvalue weighted by Gasteiger charge is -2.42. The molecule has 0 radical (unpaired) electrons. The first kappa shape index (κ1) is 24.7. The number of halogens is 3. The molecule has 1 saturated carbocycles. The Balaban J connectivity index is 1.31. The Hall–Kier alpha value is -1.99. The van der Waals surface area contributed by atoms with Crippen LogP contribution in [0.1, 0.15) is 56.0 Å². The van der Waals surface area contributed by atoms with Gasteiger partial charge < -0.3 is 15.3 Å². The van der Waals surface area contributed by atoms with Gasteiger partial charge in [-0.3, -0.25) is 4.21 Å². The second-order valence-corrected chi connectivity index (χ2v) is 12.0. The van der Waals surface area contributed by atoms with Crippen LogP contribution >= 0.6 is 11.8 Å². The van der Waals surface area contributed by atoms with Crippen molar-refractivity contribution in [2.24, 2.45) is 0 Å². The van der Waals surface area contributed by atoms with Gasteiger partial charge in [-0.2, -0.15) is 18.2 Å². The molecule has 2 fully saturated rings. The van der Waals surface area contributed by atoms with E-state index in [0.29, 0.717) is 41.3 Å². The maximum atomic E-state index is 12.8. The number of aliphatic hydroxyl groups is 1. The van der Waals surface area contributed by atoms with Crippen molar-refractivity contribution in [3.8, 4) is 0 Å². The van der Waals surface area contributed by atoms with Crippen LogP contribution in [0.5, 0.6) is 0 Å². The Labute approximate surface area is 208 Å². The molecule has 0 unspecified atom stereocenters. The van der Waals surface area contributed by atoms with Crippen LogP contribution in [-0.2, 0) is 17.2 Å². The van der Waals surface area contributed by atoms with Crippen molar-refractivity contribution in [1.82, 2.24) is 19.9 Å². The number of anilines is 2. The zero-order valence-corrected chi connectivity index (χ0v) is 20.7. The van der Waals surface area contributed by atoms with Crippen molar-refractivity contribution in [2.45, 2.75) is 71.7 Å². The summed E-state index contributed by atoms with van der Waals surface area (Å²) in [6, 6.07) is 0. The number of fused-ring (bicyclic) bond motifs is 1. The molecular weight excluding hydrogens is 501 g/mol. The first-order valence-electron chi connectivity index (χ1n) is 11.8. The second-order valence-electron chi connectivity index (χ2n) is 9.30. The minimum Gasteiger partial charge on any atom is -0.394 e. The van der Waals surface area contributed by atoms with Crippen molar-refractivity contribution in [1.29, 1.82) is 0 Å². The van der Waals surface area contributed by atoms with E-state index in [1.54, 1.807) is 0 Å². The molecule has 1 aliphatic carbocycles. The predicted molar refractivity (Wildman–Crippen MR) is 127 cm³/mol. The summed E-state index contributed by atoms with van der Waals surface area (Å²) in [5.74, 6) is 2.33. The molecule has 3 aliphatic rings. The van der Waals surface area contributed by atoms with Crippen LogP contribution in [0.4, 0.5) is 24.9 Å².